The number of benzene rings is 1. The van der Waals surface area contributed by atoms with Gasteiger partial charge in [-0.25, -0.2) is 4.98 Å². The molecule has 0 amide bonds. The van der Waals surface area contributed by atoms with Crippen molar-refractivity contribution in [1.29, 1.82) is 0 Å². The summed E-state index contributed by atoms with van der Waals surface area (Å²) in [7, 11) is 0. The smallest absolute Gasteiger partial charge is 0.364 e. The lowest BCUT2D eigenvalue weighted by Crippen LogP contribution is -2.19. The molecule has 0 bridgehead atoms. The van der Waals surface area contributed by atoms with E-state index in [1.54, 1.807) is 0 Å². The number of H-pyrrole nitrogens is 1. The average Bonchev–Trinajstić information content (AvgIpc) is 2.99. The molecule has 0 fully saturated rings. The molecule has 2 heterocycles. The highest BCUT2D eigenvalue weighted by atomic mass is 32.1. The molecule has 0 radical (unpaired) electrons. The maximum absolute atomic E-state index is 12.5. The number of aromatic amines is 1. The fourth-order valence-electron chi connectivity index (χ4n) is 3.57. The Morgan fingerprint density at radius 1 is 1.26 bits per heavy atom. The van der Waals surface area contributed by atoms with Gasteiger partial charge in [-0.1, -0.05) is 30.3 Å². The fraction of sp³-hybridized carbons (Fsp3) is 0.368. The van der Waals surface area contributed by atoms with Crippen LogP contribution in [0.3, 0.4) is 0 Å². The molecule has 3 aromatic rings. The van der Waals surface area contributed by atoms with E-state index in [0.29, 0.717) is 16.1 Å². The van der Waals surface area contributed by atoms with Crippen LogP contribution < -0.4 is 5.56 Å². The van der Waals surface area contributed by atoms with E-state index in [1.165, 1.54) is 16.9 Å². The molecular weight excluding hydrogens is 377 g/mol. The SMILES string of the molecule is O=c1[nH]c(COCC(F)(F)F)nc2sc3c(c12)CC[C@H](c1ccccc1)C3. The molecule has 0 saturated heterocycles. The number of fused-ring (bicyclic) bond motifs is 3. The predicted octanol–water partition coefficient (Wildman–Crippen LogP) is 4.34. The molecule has 0 spiro atoms. The van der Waals surface area contributed by atoms with Crippen LogP contribution >= 0.6 is 11.3 Å². The molecule has 1 N–H and O–H groups in total. The van der Waals surface area contributed by atoms with Crippen LogP contribution in [0.15, 0.2) is 35.1 Å². The second kappa shape index (κ2) is 7.09. The highest BCUT2D eigenvalue weighted by molar-refractivity contribution is 7.18. The van der Waals surface area contributed by atoms with Crippen molar-refractivity contribution in [1.82, 2.24) is 9.97 Å². The highest BCUT2D eigenvalue weighted by Crippen LogP contribution is 2.39. The van der Waals surface area contributed by atoms with Gasteiger partial charge in [-0.05, 0) is 36.3 Å². The largest absolute Gasteiger partial charge is 0.411 e. The minimum absolute atomic E-state index is 0.120. The summed E-state index contributed by atoms with van der Waals surface area (Å²) in [5.74, 6) is 0.524. The van der Waals surface area contributed by atoms with Gasteiger partial charge in [-0.3, -0.25) is 4.79 Å². The van der Waals surface area contributed by atoms with Crippen LogP contribution in [-0.2, 0) is 24.2 Å². The lowest BCUT2D eigenvalue weighted by atomic mass is 9.83. The number of rotatable bonds is 4. The quantitative estimate of drug-likeness (QED) is 0.716. The molecule has 8 heteroatoms. The van der Waals surface area contributed by atoms with Crippen molar-refractivity contribution in [3.63, 3.8) is 0 Å². The van der Waals surface area contributed by atoms with E-state index in [2.05, 4.69) is 26.8 Å². The summed E-state index contributed by atoms with van der Waals surface area (Å²) in [6.45, 7) is -1.74. The van der Waals surface area contributed by atoms with Crippen molar-refractivity contribution in [3.8, 4) is 0 Å². The molecule has 142 valence electrons. The lowest BCUT2D eigenvalue weighted by Gasteiger charge is -2.22. The molecule has 4 nitrogen and oxygen atoms in total. The van der Waals surface area contributed by atoms with E-state index in [-0.39, 0.29) is 18.0 Å². The van der Waals surface area contributed by atoms with E-state index in [1.807, 2.05) is 18.2 Å². The standard InChI is InChI=1S/C19H17F3N2O2S/c20-19(21,22)10-26-9-15-23-17(25)16-13-7-6-12(11-4-2-1-3-5-11)8-14(13)27-18(16)24-15/h1-5,12H,6-10H2,(H,23,24,25)/t12-/m0/s1. The first-order valence-corrected chi connectivity index (χ1v) is 9.45. The second-order valence-electron chi connectivity index (χ2n) is 6.65. The Balaban J connectivity index is 1.59. The Kier molecular flexibility index (Phi) is 4.77. The maximum Gasteiger partial charge on any atom is 0.411 e. The number of alkyl halides is 3. The van der Waals surface area contributed by atoms with Crippen molar-refractivity contribution in [2.24, 2.45) is 0 Å². The van der Waals surface area contributed by atoms with Gasteiger partial charge in [0.1, 0.15) is 23.9 Å². The van der Waals surface area contributed by atoms with Crippen LogP contribution in [0.4, 0.5) is 13.2 Å². The van der Waals surface area contributed by atoms with Crippen LogP contribution in [0.25, 0.3) is 10.2 Å². The van der Waals surface area contributed by atoms with Crippen molar-refractivity contribution in [2.75, 3.05) is 6.61 Å². The molecule has 1 aliphatic carbocycles. The summed E-state index contributed by atoms with van der Waals surface area (Å²) in [6, 6.07) is 10.3. The minimum atomic E-state index is -4.40. The Labute approximate surface area is 157 Å². The van der Waals surface area contributed by atoms with Crippen LogP contribution in [0.2, 0.25) is 0 Å². The fourth-order valence-corrected chi connectivity index (χ4v) is 4.89. The number of halogens is 3. The molecule has 1 aliphatic rings. The summed E-state index contributed by atoms with van der Waals surface area (Å²) < 4.78 is 41.2. The Bertz CT molecular complexity index is 1010. The lowest BCUT2D eigenvalue weighted by molar-refractivity contribution is -0.177. The number of thiophene rings is 1. The van der Waals surface area contributed by atoms with Crippen molar-refractivity contribution in [2.45, 2.75) is 38.0 Å². The number of aromatic nitrogens is 2. The molecule has 27 heavy (non-hydrogen) atoms. The highest BCUT2D eigenvalue weighted by Gasteiger charge is 2.28. The van der Waals surface area contributed by atoms with Gasteiger partial charge >= 0.3 is 6.18 Å². The number of nitrogens with zero attached hydrogens (tertiary/aromatic N) is 1. The van der Waals surface area contributed by atoms with Gasteiger partial charge in [0.2, 0.25) is 0 Å². The predicted molar refractivity (Wildman–Crippen MR) is 97.2 cm³/mol. The summed E-state index contributed by atoms with van der Waals surface area (Å²) in [5.41, 5.74) is 2.00. The van der Waals surface area contributed by atoms with Gasteiger partial charge in [0.25, 0.3) is 5.56 Å². The summed E-state index contributed by atoms with van der Waals surface area (Å²) in [6.07, 6.45) is -1.80. The minimum Gasteiger partial charge on any atom is -0.364 e. The Hall–Kier alpha value is -2.19. The molecule has 0 aliphatic heterocycles. The number of aryl methyl sites for hydroxylation is 1. The normalized spacial score (nSPS) is 17.2. The van der Waals surface area contributed by atoms with E-state index < -0.39 is 12.8 Å². The first-order chi connectivity index (χ1) is 12.9. The van der Waals surface area contributed by atoms with E-state index in [0.717, 1.165) is 29.7 Å². The third kappa shape index (κ3) is 3.91. The number of nitrogens with one attached hydrogen (secondary N) is 1. The van der Waals surface area contributed by atoms with Crippen molar-refractivity contribution < 1.29 is 17.9 Å². The van der Waals surface area contributed by atoms with Crippen LogP contribution in [0.5, 0.6) is 0 Å². The van der Waals surface area contributed by atoms with Crippen molar-refractivity contribution >= 4 is 21.6 Å². The zero-order valence-corrected chi connectivity index (χ0v) is 15.1. The Morgan fingerprint density at radius 3 is 2.78 bits per heavy atom. The molecule has 4 rings (SSSR count). The first kappa shape index (κ1) is 18.2. The second-order valence-corrected chi connectivity index (χ2v) is 7.74. The van der Waals surface area contributed by atoms with Crippen LogP contribution in [0, 0.1) is 0 Å². The van der Waals surface area contributed by atoms with E-state index in [9.17, 15) is 18.0 Å². The topological polar surface area (TPSA) is 55.0 Å². The number of ether oxygens (including phenoxy) is 1. The van der Waals surface area contributed by atoms with Gasteiger partial charge in [-0.15, -0.1) is 11.3 Å². The molecule has 0 saturated carbocycles. The monoisotopic (exact) mass is 394 g/mol. The first-order valence-electron chi connectivity index (χ1n) is 8.63. The average molecular weight is 394 g/mol. The molecule has 1 aromatic carbocycles. The maximum atomic E-state index is 12.5. The third-order valence-electron chi connectivity index (χ3n) is 4.74. The zero-order chi connectivity index (χ0) is 19.0. The van der Waals surface area contributed by atoms with Gasteiger partial charge < -0.3 is 9.72 Å². The molecule has 1 atom stereocenters. The number of hydrogen-bond acceptors (Lipinski definition) is 4. The van der Waals surface area contributed by atoms with E-state index >= 15 is 0 Å². The summed E-state index contributed by atoms with van der Waals surface area (Å²) in [5, 5.41) is 0.570. The van der Waals surface area contributed by atoms with Gasteiger partial charge in [0, 0.05) is 4.88 Å². The van der Waals surface area contributed by atoms with E-state index in [4.69, 9.17) is 0 Å². The summed E-state index contributed by atoms with van der Waals surface area (Å²) in [4.78, 5) is 21.1. The summed E-state index contributed by atoms with van der Waals surface area (Å²) >= 11 is 1.46. The van der Waals surface area contributed by atoms with Gasteiger partial charge in [0.15, 0.2) is 0 Å². The molecular formula is C19H17F3N2O2S. The number of hydrogen-bond donors (Lipinski definition) is 1. The van der Waals surface area contributed by atoms with Gasteiger partial charge in [-0.2, -0.15) is 13.2 Å². The molecule has 0 unspecified atom stereocenters. The third-order valence-corrected chi connectivity index (χ3v) is 5.89. The van der Waals surface area contributed by atoms with Gasteiger partial charge in [0.05, 0.1) is 5.39 Å². The van der Waals surface area contributed by atoms with Crippen molar-refractivity contribution in [3.05, 3.63) is 62.5 Å². The Morgan fingerprint density at radius 2 is 2.04 bits per heavy atom. The zero-order valence-electron chi connectivity index (χ0n) is 14.3. The molecule has 2 aromatic heterocycles. The van der Waals surface area contributed by atoms with Crippen LogP contribution in [0.1, 0.15) is 34.2 Å². The van der Waals surface area contributed by atoms with Crippen LogP contribution in [-0.4, -0.2) is 22.8 Å².